The highest BCUT2D eigenvalue weighted by atomic mass is 127. The van der Waals surface area contributed by atoms with Crippen LogP contribution in [0.2, 0.25) is 0 Å². The molecule has 0 aromatic heterocycles. The number of guanidine groups is 1. The van der Waals surface area contributed by atoms with Crippen LogP contribution in [-0.4, -0.2) is 80.1 Å². The lowest BCUT2D eigenvalue weighted by molar-refractivity contribution is 0.0372. The summed E-state index contributed by atoms with van der Waals surface area (Å²) in [4.78, 5) is 12.1. The highest BCUT2D eigenvalue weighted by Crippen LogP contribution is 2.31. The third-order valence-electron chi connectivity index (χ3n) is 6.24. The van der Waals surface area contributed by atoms with E-state index >= 15 is 0 Å². The normalized spacial score (nSPS) is 23.3. The van der Waals surface area contributed by atoms with Crippen LogP contribution in [0.1, 0.15) is 31.7 Å². The quantitative estimate of drug-likeness (QED) is 0.371. The van der Waals surface area contributed by atoms with Crippen LogP contribution in [0.5, 0.6) is 0 Å². The molecule has 2 atom stereocenters. The van der Waals surface area contributed by atoms with Crippen LogP contribution in [0.4, 0.5) is 0 Å². The molecule has 3 rings (SSSR count). The molecule has 2 aliphatic rings. The fraction of sp³-hybridized carbons (Fsp3) is 0.682. The number of rotatable bonds is 6. The van der Waals surface area contributed by atoms with Gasteiger partial charge < -0.3 is 15.1 Å². The third-order valence-corrected chi connectivity index (χ3v) is 6.24. The molecule has 2 aliphatic heterocycles. The number of piperidine rings is 2. The number of aliphatic imine (C=N–C) groups is 1. The van der Waals surface area contributed by atoms with Crippen LogP contribution >= 0.6 is 24.0 Å². The Kier molecular flexibility index (Phi) is 10.0. The topological polar surface area (TPSA) is 34.1 Å². The lowest BCUT2D eigenvalue weighted by atomic mass is 9.83. The number of likely N-dealkylation sites (N-methyl/N-ethyl adjacent to an activating group) is 1. The zero-order valence-electron chi connectivity index (χ0n) is 17.8. The van der Waals surface area contributed by atoms with Crippen molar-refractivity contribution in [1.82, 2.24) is 20.0 Å². The Morgan fingerprint density at radius 1 is 1.21 bits per heavy atom. The largest absolute Gasteiger partial charge is 0.355 e. The molecule has 0 bridgehead atoms. The lowest BCUT2D eigenvalue weighted by Crippen LogP contribution is -2.57. The molecule has 5 nitrogen and oxygen atoms in total. The molecule has 1 aromatic rings. The minimum absolute atomic E-state index is 0. The van der Waals surface area contributed by atoms with Crippen LogP contribution in [0.3, 0.4) is 0 Å². The molecule has 0 aliphatic carbocycles. The second-order valence-electron chi connectivity index (χ2n) is 8.03. The molecule has 2 saturated heterocycles. The zero-order chi connectivity index (χ0) is 19.1. The summed E-state index contributed by atoms with van der Waals surface area (Å²) in [6.45, 7) is 9.89. The lowest BCUT2D eigenvalue weighted by Gasteiger charge is -2.48. The van der Waals surface area contributed by atoms with Crippen molar-refractivity contribution < 1.29 is 0 Å². The van der Waals surface area contributed by atoms with E-state index in [1.165, 1.54) is 31.4 Å². The summed E-state index contributed by atoms with van der Waals surface area (Å²) in [5.41, 5.74) is 1.44. The first-order chi connectivity index (χ1) is 13.2. The molecule has 1 N–H and O–H groups in total. The van der Waals surface area contributed by atoms with Crippen molar-refractivity contribution in [1.29, 1.82) is 0 Å². The number of halogens is 1. The van der Waals surface area contributed by atoms with E-state index in [4.69, 9.17) is 0 Å². The maximum atomic E-state index is 4.56. The van der Waals surface area contributed by atoms with E-state index in [1.54, 1.807) is 0 Å². The fourth-order valence-electron chi connectivity index (χ4n) is 4.56. The van der Waals surface area contributed by atoms with E-state index in [-0.39, 0.29) is 24.0 Å². The SMILES string of the molecule is CCN(C)CCNC(=NC)N1CCC2C(CCCN2Cc2ccccc2)C1.I. The van der Waals surface area contributed by atoms with Crippen LogP contribution < -0.4 is 5.32 Å². The van der Waals surface area contributed by atoms with Crippen LogP contribution in [0.25, 0.3) is 0 Å². The van der Waals surface area contributed by atoms with Gasteiger partial charge in [-0.1, -0.05) is 37.3 Å². The Morgan fingerprint density at radius 3 is 2.71 bits per heavy atom. The molecule has 6 heteroatoms. The van der Waals surface area contributed by atoms with Crippen LogP contribution in [-0.2, 0) is 6.54 Å². The number of benzene rings is 1. The summed E-state index contributed by atoms with van der Waals surface area (Å²) in [6, 6.07) is 11.7. The number of nitrogens with zero attached hydrogens (tertiary/aromatic N) is 4. The Balaban J connectivity index is 0.00000280. The number of hydrogen-bond donors (Lipinski definition) is 1. The van der Waals surface area contributed by atoms with E-state index in [1.807, 2.05) is 7.05 Å². The molecule has 28 heavy (non-hydrogen) atoms. The maximum Gasteiger partial charge on any atom is 0.193 e. The van der Waals surface area contributed by atoms with Crippen molar-refractivity contribution in [2.75, 3.05) is 53.4 Å². The molecule has 0 amide bonds. The van der Waals surface area contributed by atoms with E-state index < -0.39 is 0 Å². The molecular formula is C22H38IN5. The van der Waals surface area contributed by atoms with E-state index in [2.05, 4.69) is 69.3 Å². The zero-order valence-corrected chi connectivity index (χ0v) is 20.1. The van der Waals surface area contributed by atoms with Gasteiger partial charge in [0, 0.05) is 45.8 Å². The second kappa shape index (κ2) is 12.0. The van der Waals surface area contributed by atoms with Gasteiger partial charge in [-0.15, -0.1) is 24.0 Å². The van der Waals surface area contributed by atoms with Gasteiger partial charge >= 0.3 is 0 Å². The Hall–Kier alpha value is -0.860. The predicted octanol–water partition coefficient (Wildman–Crippen LogP) is 3.12. The van der Waals surface area contributed by atoms with Crippen molar-refractivity contribution in [3.05, 3.63) is 35.9 Å². The van der Waals surface area contributed by atoms with Gasteiger partial charge in [-0.25, -0.2) is 0 Å². The smallest absolute Gasteiger partial charge is 0.193 e. The van der Waals surface area contributed by atoms with Gasteiger partial charge in [-0.3, -0.25) is 9.89 Å². The number of nitrogens with one attached hydrogen (secondary N) is 1. The molecular weight excluding hydrogens is 461 g/mol. The van der Waals surface area contributed by atoms with E-state index in [0.29, 0.717) is 0 Å². The number of hydrogen-bond acceptors (Lipinski definition) is 3. The standard InChI is InChI=1S/C22H37N5.HI/c1-4-25(3)16-13-24-22(23-2)27-15-12-21-20(18-27)11-8-14-26(21)17-19-9-6-5-7-10-19;/h5-7,9-10,20-21H,4,8,11-18H2,1-3H3,(H,23,24);1H. The minimum Gasteiger partial charge on any atom is -0.355 e. The van der Waals surface area contributed by atoms with Crippen molar-refractivity contribution in [3.8, 4) is 0 Å². The molecule has 1 aromatic carbocycles. The maximum absolute atomic E-state index is 4.56. The van der Waals surface area contributed by atoms with Crippen LogP contribution in [0, 0.1) is 5.92 Å². The molecule has 158 valence electrons. The van der Waals surface area contributed by atoms with Gasteiger partial charge in [0.25, 0.3) is 0 Å². The summed E-state index contributed by atoms with van der Waals surface area (Å²) in [5, 5.41) is 3.57. The molecule has 2 fully saturated rings. The summed E-state index contributed by atoms with van der Waals surface area (Å²) < 4.78 is 0. The second-order valence-corrected chi connectivity index (χ2v) is 8.03. The van der Waals surface area contributed by atoms with Gasteiger partial charge in [-0.2, -0.15) is 0 Å². The number of likely N-dealkylation sites (tertiary alicyclic amines) is 2. The van der Waals surface area contributed by atoms with Gasteiger partial charge in [0.1, 0.15) is 0 Å². The summed E-state index contributed by atoms with van der Waals surface area (Å²) in [5.74, 6) is 1.84. The van der Waals surface area contributed by atoms with Gasteiger partial charge in [-0.05, 0) is 50.9 Å². The summed E-state index contributed by atoms with van der Waals surface area (Å²) in [7, 11) is 4.08. The van der Waals surface area contributed by atoms with Crippen LogP contribution in [0.15, 0.2) is 35.3 Å². The average molecular weight is 499 g/mol. The van der Waals surface area contributed by atoms with Crippen molar-refractivity contribution in [2.24, 2.45) is 10.9 Å². The average Bonchev–Trinajstić information content (AvgIpc) is 2.71. The van der Waals surface area contributed by atoms with Gasteiger partial charge in [0.05, 0.1) is 0 Å². The van der Waals surface area contributed by atoms with Crippen molar-refractivity contribution in [3.63, 3.8) is 0 Å². The summed E-state index contributed by atoms with van der Waals surface area (Å²) in [6.07, 6.45) is 3.91. The minimum atomic E-state index is 0. The first kappa shape index (κ1) is 23.4. The highest BCUT2D eigenvalue weighted by Gasteiger charge is 2.36. The predicted molar refractivity (Wildman–Crippen MR) is 130 cm³/mol. The van der Waals surface area contributed by atoms with E-state index in [0.717, 1.165) is 57.2 Å². The molecule has 2 heterocycles. The Bertz CT molecular complexity index is 594. The molecule has 0 spiro atoms. The van der Waals surface area contributed by atoms with Gasteiger partial charge in [0.15, 0.2) is 5.96 Å². The Labute approximate surface area is 188 Å². The fourth-order valence-corrected chi connectivity index (χ4v) is 4.56. The monoisotopic (exact) mass is 499 g/mol. The molecule has 0 radical (unpaired) electrons. The number of fused-ring (bicyclic) bond motifs is 1. The first-order valence-corrected chi connectivity index (χ1v) is 10.6. The molecule has 2 unspecified atom stereocenters. The van der Waals surface area contributed by atoms with Crippen molar-refractivity contribution in [2.45, 2.75) is 38.8 Å². The third kappa shape index (κ3) is 6.32. The Morgan fingerprint density at radius 2 is 2.00 bits per heavy atom. The van der Waals surface area contributed by atoms with E-state index in [9.17, 15) is 0 Å². The first-order valence-electron chi connectivity index (χ1n) is 10.6. The molecule has 0 saturated carbocycles. The van der Waals surface area contributed by atoms with Crippen molar-refractivity contribution >= 4 is 29.9 Å². The van der Waals surface area contributed by atoms with Gasteiger partial charge in [0.2, 0.25) is 0 Å². The highest BCUT2D eigenvalue weighted by molar-refractivity contribution is 14.0. The summed E-state index contributed by atoms with van der Waals surface area (Å²) >= 11 is 0.